The van der Waals surface area contributed by atoms with Crippen molar-refractivity contribution in [2.45, 2.75) is 57.5 Å². The molecular formula is C14H28N2O. The molecule has 17 heavy (non-hydrogen) atoms. The molecule has 2 aliphatic rings. The van der Waals surface area contributed by atoms with E-state index in [0.29, 0.717) is 12.1 Å². The highest BCUT2D eigenvalue weighted by molar-refractivity contribution is 4.77. The molecule has 2 aliphatic heterocycles. The quantitative estimate of drug-likeness (QED) is 0.813. The second-order valence-electron chi connectivity index (χ2n) is 5.67. The lowest BCUT2D eigenvalue weighted by Gasteiger charge is -2.31. The van der Waals surface area contributed by atoms with Crippen molar-refractivity contribution in [2.75, 3.05) is 32.8 Å². The molecule has 0 spiro atoms. The van der Waals surface area contributed by atoms with Gasteiger partial charge in [0, 0.05) is 31.8 Å². The molecule has 1 N–H and O–H groups in total. The van der Waals surface area contributed by atoms with Gasteiger partial charge in [0.15, 0.2) is 0 Å². The van der Waals surface area contributed by atoms with E-state index in [4.69, 9.17) is 4.74 Å². The summed E-state index contributed by atoms with van der Waals surface area (Å²) in [5, 5.41) is 3.78. The van der Waals surface area contributed by atoms with Gasteiger partial charge in [-0.1, -0.05) is 6.42 Å². The molecule has 3 nitrogen and oxygen atoms in total. The van der Waals surface area contributed by atoms with Crippen LogP contribution >= 0.6 is 0 Å². The molecule has 0 aromatic carbocycles. The van der Waals surface area contributed by atoms with Crippen molar-refractivity contribution < 1.29 is 4.74 Å². The van der Waals surface area contributed by atoms with Crippen LogP contribution in [0.2, 0.25) is 0 Å². The van der Waals surface area contributed by atoms with E-state index in [9.17, 15) is 0 Å². The van der Waals surface area contributed by atoms with Crippen LogP contribution in [0.15, 0.2) is 0 Å². The first-order valence-corrected chi connectivity index (χ1v) is 7.41. The number of rotatable bonds is 4. The molecule has 0 aromatic rings. The van der Waals surface area contributed by atoms with E-state index in [2.05, 4.69) is 17.1 Å². The van der Waals surface area contributed by atoms with Crippen molar-refractivity contribution in [3.63, 3.8) is 0 Å². The largest absolute Gasteiger partial charge is 0.381 e. The zero-order chi connectivity index (χ0) is 11.9. The summed E-state index contributed by atoms with van der Waals surface area (Å²) in [4.78, 5) is 2.62. The molecule has 2 heterocycles. The smallest absolute Gasteiger partial charge is 0.0480 e. The average molecular weight is 240 g/mol. The van der Waals surface area contributed by atoms with Crippen LogP contribution in [0.5, 0.6) is 0 Å². The number of ether oxygens (including phenoxy) is 1. The van der Waals surface area contributed by atoms with Crippen LogP contribution in [-0.2, 0) is 4.74 Å². The minimum atomic E-state index is 0.621. The Hall–Kier alpha value is -0.120. The number of nitrogens with one attached hydrogen (secondary N) is 1. The molecule has 2 saturated heterocycles. The summed E-state index contributed by atoms with van der Waals surface area (Å²) in [5.74, 6) is 0. The molecule has 0 aromatic heterocycles. The Balaban J connectivity index is 1.66. The lowest BCUT2D eigenvalue weighted by atomic mass is 10.1. The van der Waals surface area contributed by atoms with Crippen LogP contribution in [0, 0.1) is 0 Å². The predicted octanol–water partition coefficient (Wildman–Crippen LogP) is 2.02. The van der Waals surface area contributed by atoms with E-state index < -0.39 is 0 Å². The average Bonchev–Trinajstić information content (AvgIpc) is 2.59. The van der Waals surface area contributed by atoms with Gasteiger partial charge in [0.25, 0.3) is 0 Å². The topological polar surface area (TPSA) is 24.5 Å². The van der Waals surface area contributed by atoms with Crippen LogP contribution in [0.25, 0.3) is 0 Å². The maximum absolute atomic E-state index is 5.51. The molecule has 0 amide bonds. The van der Waals surface area contributed by atoms with Crippen molar-refractivity contribution in [3.05, 3.63) is 0 Å². The van der Waals surface area contributed by atoms with Gasteiger partial charge in [-0.3, -0.25) is 0 Å². The Morgan fingerprint density at radius 1 is 1.12 bits per heavy atom. The van der Waals surface area contributed by atoms with E-state index in [-0.39, 0.29) is 0 Å². The molecule has 0 bridgehead atoms. The van der Waals surface area contributed by atoms with Crippen LogP contribution in [-0.4, -0.2) is 49.8 Å². The molecule has 0 saturated carbocycles. The summed E-state index contributed by atoms with van der Waals surface area (Å²) >= 11 is 0. The molecule has 2 unspecified atom stereocenters. The van der Waals surface area contributed by atoms with Crippen molar-refractivity contribution in [3.8, 4) is 0 Å². The maximum Gasteiger partial charge on any atom is 0.0480 e. The fourth-order valence-corrected chi connectivity index (χ4v) is 3.05. The number of hydrogen-bond donors (Lipinski definition) is 1. The Kier molecular flexibility index (Phi) is 5.75. The van der Waals surface area contributed by atoms with E-state index >= 15 is 0 Å². The van der Waals surface area contributed by atoms with Crippen molar-refractivity contribution >= 4 is 0 Å². The van der Waals surface area contributed by atoms with Crippen LogP contribution < -0.4 is 5.32 Å². The zero-order valence-electron chi connectivity index (χ0n) is 11.3. The normalized spacial score (nSPS) is 29.8. The minimum Gasteiger partial charge on any atom is -0.381 e. The molecule has 2 fully saturated rings. The molecule has 2 rings (SSSR count). The fourth-order valence-electron chi connectivity index (χ4n) is 3.05. The molecule has 2 atom stereocenters. The number of piperidine rings is 1. The summed E-state index contributed by atoms with van der Waals surface area (Å²) in [6, 6.07) is 1.30. The summed E-state index contributed by atoms with van der Waals surface area (Å²) in [5.41, 5.74) is 0. The van der Waals surface area contributed by atoms with Crippen molar-refractivity contribution in [1.29, 1.82) is 0 Å². The third-order valence-corrected chi connectivity index (χ3v) is 3.95. The Labute approximate surface area is 106 Å². The second-order valence-corrected chi connectivity index (χ2v) is 5.67. The van der Waals surface area contributed by atoms with Crippen LogP contribution in [0.1, 0.15) is 45.4 Å². The van der Waals surface area contributed by atoms with E-state index in [1.807, 2.05) is 0 Å². The second kappa shape index (κ2) is 7.34. The van der Waals surface area contributed by atoms with Gasteiger partial charge in [-0.05, 0) is 52.1 Å². The fraction of sp³-hybridized carbons (Fsp3) is 1.00. The van der Waals surface area contributed by atoms with Gasteiger partial charge in [0.2, 0.25) is 0 Å². The summed E-state index contributed by atoms with van der Waals surface area (Å²) in [6.45, 7) is 8.06. The first kappa shape index (κ1) is 13.3. The standard InChI is InChI=1S/C14H28N2O/c1-13(12-16-8-3-2-4-9-16)15-14-6-5-10-17-11-7-14/h13-15H,2-12H2,1H3. The van der Waals surface area contributed by atoms with E-state index in [1.165, 1.54) is 58.2 Å². The van der Waals surface area contributed by atoms with Gasteiger partial charge in [-0.25, -0.2) is 0 Å². The Morgan fingerprint density at radius 2 is 1.94 bits per heavy atom. The van der Waals surface area contributed by atoms with E-state index in [0.717, 1.165) is 13.2 Å². The lowest BCUT2D eigenvalue weighted by Crippen LogP contribution is -2.45. The molecular weight excluding hydrogens is 212 g/mol. The highest BCUT2D eigenvalue weighted by atomic mass is 16.5. The minimum absolute atomic E-state index is 0.621. The van der Waals surface area contributed by atoms with E-state index in [1.54, 1.807) is 0 Å². The predicted molar refractivity (Wildman–Crippen MR) is 71.3 cm³/mol. The summed E-state index contributed by atoms with van der Waals surface area (Å²) in [6.07, 6.45) is 7.90. The SMILES string of the molecule is CC(CN1CCCCC1)NC1CCCOCC1. The summed E-state index contributed by atoms with van der Waals surface area (Å²) < 4.78 is 5.51. The number of hydrogen-bond acceptors (Lipinski definition) is 3. The molecule has 0 radical (unpaired) electrons. The molecule has 3 heteroatoms. The van der Waals surface area contributed by atoms with Gasteiger partial charge >= 0.3 is 0 Å². The Bertz CT molecular complexity index is 196. The first-order chi connectivity index (χ1) is 8.34. The third kappa shape index (κ3) is 4.94. The third-order valence-electron chi connectivity index (χ3n) is 3.95. The van der Waals surface area contributed by atoms with Crippen LogP contribution in [0.4, 0.5) is 0 Å². The van der Waals surface area contributed by atoms with Gasteiger partial charge in [-0.2, -0.15) is 0 Å². The Morgan fingerprint density at radius 3 is 2.76 bits per heavy atom. The van der Waals surface area contributed by atoms with Crippen LogP contribution in [0.3, 0.4) is 0 Å². The van der Waals surface area contributed by atoms with Gasteiger partial charge < -0.3 is 15.0 Å². The van der Waals surface area contributed by atoms with Gasteiger partial charge in [0.1, 0.15) is 0 Å². The molecule has 0 aliphatic carbocycles. The van der Waals surface area contributed by atoms with Crippen molar-refractivity contribution in [1.82, 2.24) is 10.2 Å². The van der Waals surface area contributed by atoms with Crippen molar-refractivity contribution in [2.24, 2.45) is 0 Å². The zero-order valence-corrected chi connectivity index (χ0v) is 11.3. The maximum atomic E-state index is 5.51. The first-order valence-electron chi connectivity index (χ1n) is 7.41. The number of nitrogens with zero attached hydrogens (tertiary/aromatic N) is 1. The lowest BCUT2D eigenvalue weighted by molar-refractivity contribution is 0.141. The highest BCUT2D eigenvalue weighted by Gasteiger charge is 2.17. The summed E-state index contributed by atoms with van der Waals surface area (Å²) in [7, 11) is 0. The monoisotopic (exact) mass is 240 g/mol. The molecule has 100 valence electrons. The highest BCUT2D eigenvalue weighted by Crippen LogP contribution is 2.11. The number of likely N-dealkylation sites (tertiary alicyclic amines) is 1. The van der Waals surface area contributed by atoms with Gasteiger partial charge in [-0.15, -0.1) is 0 Å². The van der Waals surface area contributed by atoms with Gasteiger partial charge in [0.05, 0.1) is 0 Å².